The third-order valence-electron chi connectivity index (χ3n) is 5.38. The van der Waals surface area contributed by atoms with Crippen LogP contribution in [0.25, 0.3) is 0 Å². The van der Waals surface area contributed by atoms with Crippen LogP contribution in [0.15, 0.2) is 0 Å². The third-order valence-corrected chi connectivity index (χ3v) is 5.38. The van der Waals surface area contributed by atoms with E-state index in [0.29, 0.717) is 0 Å². The number of hydrogen-bond donors (Lipinski definition) is 1. The average Bonchev–Trinajstić information content (AvgIpc) is 2.35. The summed E-state index contributed by atoms with van der Waals surface area (Å²) in [6, 6.07) is 1.54. The van der Waals surface area contributed by atoms with Crippen LogP contribution >= 0.6 is 0 Å². The molecule has 0 spiro atoms. The van der Waals surface area contributed by atoms with Gasteiger partial charge in [0.1, 0.15) is 0 Å². The minimum atomic E-state index is 0.742. The SMILES string of the molecule is CCNC1CCC(C)CC1N1CCC(C)C(C)C1. The molecule has 0 radical (unpaired) electrons. The molecule has 0 bridgehead atoms. The second kappa shape index (κ2) is 6.38. The predicted octanol–water partition coefficient (Wildman–Crippen LogP) is 3.13. The first-order chi connectivity index (χ1) is 8.61. The van der Waals surface area contributed by atoms with E-state index in [1.54, 1.807) is 0 Å². The summed E-state index contributed by atoms with van der Waals surface area (Å²) in [5.74, 6) is 2.71. The molecule has 0 aromatic rings. The van der Waals surface area contributed by atoms with Crippen LogP contribution in [0, 0.1) is 17.8 Å². The van der Waals surface area contributed by atoms with Crippen molar-refractivity contribution >= 4 is 0 Å². The van der Waals surface area contributed by atoms with Crippen LogP contribution in [-0.2, 0) is 0 Å². The maximum atomic E-state index is 3.74. The fourth-order valence-corrected chi connectivity index (χ4v) is 3.85. The van der Waals surface area contributed by atoms with Crippen molar-refractivity contribution in [3.63, 3.8) is 0 Å². The van der Waals surface area contributed by atoms with E-state index >= 15 is 0 Å². The molecule has 0 aromatic heterocycles. The van der Waals surface area contributed by atoms with Gasteiger partial charge in [0.2, 0.25) is 0 Å². The van der Waals surface area contributed by atoms with E-state index in [1.807, 2.05) is 0 Å². The highest BCUT2D eigenvalue weighted by Crippen LogP contribution is 2.32. The molecule has 1 saturated carbocycles. The standard InChI is InChI=1S/C16H32N2/c1-5-17-15-7-6-12(2)10-16(15)18-9-8-13(3)14(4)11-18/h12-17H,5-11H2,1-4H3. The molecule has 18 heavy (non-hydrogen) atoms. The highest BCUT2D eigenvalue weighted by Gasteiger charge is 2.35. The molecule has 1 aliphatic heterocycles. The minimum absolute atomic E-state index is 0.742. The fraction of sp³-hybridized carbons (Fsp3) is 1.00. The zero-order valence-corrected chi connectivity index (χ0v) is 12.8. The Morgan fingerprint density at radius 2 is 1.83 bits per heavy atom. The van der Waals surface area contributed by atoms with Gasteiger partial charge in [0, 0.05) is 18.6 Å². The summed E-state index contributed by atoms with van der Waals surface area (Å²) in [4.78, 5) is 2.80. The summed E-state index contributed by atoms with van der Waals surface area (Å²) < 4.78 is 0. The molecule has 5 unspecified atom stereocenters. The Hall–Kier alpha value is -0.0800. The van der Waals surface area contributed by atoms with Gasteiger partial charge in [0.25, 0.3) is 0 Å². The zero-order chi connectivity index (χ0) is 13.1. The highest BCUT2D eigenvalue weighted by atomic mass is 15.2. The van der Waals surface area contributed by atoms with Crippen LogP contribution < -0.4 is 5.32 Å². The summed E-state index contributed by atoms with van der Waals surface area (Å²) in [5, 5.41) is 3.74. The number of rotatable bonds is 3. The van der Waals surface area contributed by atoms with Crippen molar-refractivity contribution in [2.45, 2.75) is 65.5 Å². The minimum Gasteiger partial charge on any atom is -0.313 e. The number of nitrogens with zero attached hydrogens (tertiary/aromatic N) is 1. The van der Waals surface area contributed by atoms with Crippen LogP contribution in [0.1, 0.15) is 53.4 Å². The molecule has 5 atom stereocenters. The molecule has 1 aliphatic carbocycles. The van der Waals surface area contributed by atoms with Crippen LogP contribution in [0.4, 0.5) is 0 Å². The van der Waals surface area contributed by atoms with Gasteiger partial charge in [0.15, 0.2) is 0 Å². The lowest BCUT2D eigenvalue weighted by Crippen LogP contribution is -2.56. The van der Waals surface area contributed by atoms with E-state index in [9.17, 15) is 0 Å². The molecule has 1 heterocycles. The Kier molecular flexibility index (Phi) is 5.08. The van der Waals surface area contributed by atoms with E-state index < -0.39 is 0 Å². The maximum absolute atomic E-state index is 3.74. The first-order valence-corrected chi connectivity index (χ1v) is 8.09. The molecule has 2 rings (SSSR count). The van der Waals surface area contributed by atoms with Crippen molar-refractivity contribution in [3.05, 3.63) is 0 Å². The quantitative estimate of drug-likeness (QED) is 0.830. The molecule has 2 nitrogen and oxygen atoms in total. The van der Waals surface area contributed by atoms with E-state index in [4.69, 9.17) is 0 Å². The lowest BCUT2D eigenvalue weighted by Gasteiger charge is -2.46. The van der Waals surface area contributed by atoms with E-state index in [1.165, 1.54) is 38.8 Å². The topological polar surface area (TPSA) is 15.3 Å². The zero-order valence-electron chi connectivity index (χ0n) is 12.8. The number of piperidine rings is 1. The summed E-state index contributed by atoms with van der Waals surface area (Å²) >= 11 is 0. The van der Waals surface area contributed by atoms with Gasteiger partial charge >= 0.3 is 0 Å². The number of nitrogens with one attached hydrogen (secondary N) is 1. The Bertz CT molecular complexity index is 253. The van der Waals surface area contributed by atoms with Crippen LogP contribution in [-0.4, -0.2) is 36.6 Å². The molecule has 2 heteroatoms. The average molecular weight is 252 g/mol. The van der Waals surface area contributed by atoms with Gasteiger partial charge in [0.05, 0.1) is 0 Å². The van der Waals surface area contributed by atoms with Crippen molar-refractivity contribution in [1.82, 2.24) is 10.2 Å². The van der Waals surface area contributed by atoms with Gasteiger partial charge in [-0.05, 0) is 56.5 Å². The van der Waals surface area contributed by atoms with Crippen LogP contribution in [0.5, 0.6) is 0 Å². The third kappa shape index (κ3) is 3.27. The molecular weight excluding hydrogens is 220 g/mol. The van der Waals surface area contributed by atoms with Gasteiger partial charge in [-0.25, -0.2) is 0 Å². The molecule has 2 aliphatic rings. The lowest BCUT2D eigenvalue weighted by atomic mass is 9.80. The van der Waals surface area contributed by atoms with Crippen molar-refractivity contribution in [1.29, 1.82) is 0 Å². The lowest BCUT2D eigenvalue weighted by molar-refractivity contribution is 0.0465. The second-order valence-electron chi connectivity index (χ2n) is 6.89. The Balaban J connectivity index is 1.98. The highest BCUT2D eigenvalue weighted by molar-refractivity contribution is 4.92. The predicted molar refractivity (Wildman–Crippen MR) is 78.8 cm³/mol. The summed E-state index contributed by atoms with van der Waals surface area (Å²) in [7, 11) is 0. The summed E-state index contributed by atoms with van der Waals surface area (Å²) in [6.07, 6.45) is 5.58. The normalized spacial score (nSPS) is 43.0. The smallest absolute Gasteiger partial charge is 0.0251 e. The molecule has 106 valence electrons. The van der Waals surface area contributed by atoms with Crippen molar-refractivity contribution in [2.24, 2.45) is 17.8 Å². The second-order valence-corrected chi connectivity index (χ2v) is 6.89. The summed E-state index contributed by atoms with van der Waals surface area (Å²) in [6.45, 7) is 13.3. The Morgan fingerprint density at radius 1 is 1.06 bits per heavy atom. The van der Waals surface area contributed by atoms with Gasteiger partial charge < -0.3 is 5.32 Å². The van der Waals surface area contributed by atoms with Crippen molar-refractivity contribution < 1.29 is 0 Å². The largest absolute Gasteiger partial charge is 0.313 e. The van der Waals surface area contributed by atoms with Crippen molar-refractivity contribution in [3.8, 4) is 0 Å². The molecule has 1 N–H and O–H groups in total. The fourth-order valence-electron chi connectivity index (χ4n) is 3.85. The molecule has 0 aromatic carbocycles. The van der Waals surface area contributed by atoms with Gasteiger partial charge in [-0.3, -0.25) is 4.90 Å². The van der Waals surface area contributed by atoms with Gasteiger partial charge in [-0.15, -0.1) is 0 Å². The summed E-state index contributed by atoms with van der Waals surface area (Å²) in [5.41, 5.74) is 0. The van der Waals surface area contributed by atoms with E-state index in [0.717, 1.165) is 36.4 Å². The van der Waals surface area contributed by atoms with Crippen molar-refractivity contribution in [2.75, 3.05) is 19.6 Å². The Labute approximate surface area is 114 Å². The number of likely N-dealkylation sites (tertiary alicyclic amines) is 1. The van der Waals surface area contributed by atoms with Gasteiger partial charge in [-0.2, -0.15) is 0 Å². The monoisotopic (exact) mass is 252 g/mol. The van der Waals surface area contributed by atoms with E-state index in [-0.39, 0.29) is 0 Å². The maximum Gasteiger partial charge on any atom is 0.0251 e. The van der Waals surface area contributed by atoms with E-state index in [2.05, 4.69) is 37.9 Å². The molecular formula is C16H32N2. The number of hydrogen-bond acceptors (Lipinski definition) is 2. The molecule has 2 fully saturated rings. The van der Waals surface area contributed by atoms with Crippen LogP contribution in [0.2, 0.25) is 0 Å². The first kappa shape index (κ1) is 14.3. The molecule has 0 amide bonds. The molecule has 1 saturated heterocycles. The number of likely N-dealkylation sites (N-methyl/N-ethyl adjacent to an activating group) is 1. The van der Waals surface area contributed by atoms with Gasteiger partial charge in [-0.1, -0.05) is 27.7 Å². The van der Waals surface area contributed by atoms with Crippen LogP contribution in [0.3, 0.4) is 0 Å². The first-order valence-electron chi connectivity index (χ1n) is 8.09. The Morgan fingerprint density at radius 3 is 2.50 bits per heavy atom.